The van der Waals surface area contributed by atoms with Crippen LogP contribution in [0.4, 0.5) is 4.79 Å². The van der Waals surface area contributed by atoms with Crippen LogP contribution in [0.15, 0.2) is 24.3 Å². The third-order valence-corrected chi connectivity index (χ3v) is 3.00. The summed E-state index contributed by atoms with van der Waals surface area (Å²) in [4.78, 5) is 25.2. The smallest absolute Gasteiger partial charge is 0.320 e. The van der Waals surface area contributed by atoms with Gasteiger partial charge in [0.2, 0.25) is 0 Å². The Kier molecular flexibility index (Phi) is 3.72. The van der Waals surface area contributed by atoms with E-state index in [-0.39, 0.29) is 12.6 Å². The highest BCUT2D eigenvalue weighted by molar-refractivity contribution is 6.30. The average Bonchev–Trinajstić information content (AvgIpc) is 2.61. The number of hydrogen-bond acceptors (Lipinski definition) is 3. The molecular formula is C12H12ClN2O3-. The largest absolute Gasteiger partial charge is 0.548 e. The molecule has 1 heterocycles. The van der Waals surface area contributed by atoms with Crippen LogP contribution in [0.3, 0.4) is 0 Å². The highest BCUT2D eigenvalue weighted by atomic mass is 35.5. The van der Waals surface area contributed by atoms with E-state index in [2.05, 4.69) is 0 Å². The van der Waals surface area contributed by atoms with E-state index >= 15 is 0 Å². The fourth-order valence-electron chi connectivity index (χ4n) is 1.94. The van der Waals surface area contributed by atoms with Gasteiger partial charge in [-0.25, -0.2) is 4.79 Å². The van der Waals surface area contributed by atoms with Gasteiger partial charge in [-0.2, -0.15) is 0 Å². The summed E-state index contributed by atoms with van der Waals surface area (Å²) in [5.74, 6) is -1.24. The molecule has 96 valence electrons. The van der Waals surface area contributed by atoms with Gasteiger partial charge in [0.25, 0.3) is 0 Å². The van der Waals surface area contributed by atoms with Gasteiger partial charge in [-0.05, 0) is 17.7 Å². The van der Waals surface area contributed by atoms with Crippen LogP contribution < -0.4 is 5.11 Å². The lowest BCUT2D eigenvalue weighted by Gasteiger charge is -2.19. The van der Waals surface area contributed by atoms with Crippen LogP contribution in [0.5, 0.6) is 0 Å². The Bertz CT molecular complexity index is 478. The predicted octanol–water partition coefficient (Wildman–Crippen LogP) is 0.328. The zero-order valence-corrected chi connectivity index (χ0v) is 10.4. The molecule has 5 nitrogen and oxygen atoms in total. The van der Waals surface area contributed by atoms with Gasteiger partial charge < -0.3 is 19.7 Å². The van der Waals surface area contributed by atoms with Gasteiger partial charge in [0.15, 0.2) is 0 Å². The zero-order chi connectivity index (χ0) is 13.1. The summed E-state index contributed by atoms with van der Waals surface area (Å²) in [5, 5.41) is 11.1. The van der Waals surface area contributed by atoms with Crippen molar-refractivity contribution in [3.05, 3.63) is 34.9 Å². The van der Waals surface area contributed by atoms with Gasteiger partial charge in [-0.3, -0.25) is 0 Å². The van der Waals surface area contributed by atoms with E-state index in [1.807, 2.05) is 12.1 Å². The van der Waals surface area contributed by atoms with Crippen molar-refractivity contribution in [3.8, 4) is 0 Å². The summed E-state index contributed by atoms with van der Waals surface area (Å²) < 4.78 is 0. The lowest BCUT2D eigenvalue weighted by molar-refractivity contribution is -0.305. The number of urea groups is 1. The summed E-state index contributed by atoms with van der Waals surface area (Å²) in [7, 11) is 0. The van der Waals surface area contributed by atoms with Gasteiger partial charge >= 0.3 is 6.03 Å². The molecule has 1 saturated heterocycles. The third-order valence-electron chi connectivity index (χ3n) is 2.76. The molecule has 0 aromatic heterocycles. The number of aliphatic carboxylic acids is 1. The minimum atomic E-state index is -1.24. The minimum absolute atomic E-state index is 0.279. The Morgan fingerprint density at radius 2 is 2.06 bits per heavy atom. The molecule has 1 fully saturated rings. The zero-order valence-electron chi connectivity index (χ0n) is 9.63. The molecule has 0 bridgehead atoms. The van der Waals surface area contributed by atoms with Crippen LogP contribution in [-0.4, -0.2) is 41.4 Å². The van der Waals surface area contributed by atoms with Crippen molar-refractivity contribution in [2.24, 2.45) is 0 Å². The Labute approximate surface area is 110 Å². The van der Waals surface area contributed by atoms with Crippen molar-refractivity contribution < 1.29 is 14.7 Å². The summed E-state index contributed by atoms with van der Waals surface area (Å²) in [6, 6.07) is 6.96. The lowest BCUT2D eigenvalue weighted by atomic mass is 10.2. The van der Waals surface area contributed by atoms with Crippen LogP contribution in [0, 0.1) is 0 Å². The number of carbonyl (C=O) groups excluding carboxylic acids is 2. The van der Waals surface area contributed by atoms with E-state index in [0.29, 0.717) is 24.7 Å². The molecular weight excluding hydrogens is 256 g/mol. The molecule has 1 aliphatic rings. The van der Waals surface area contributed by atoms with Crippen LogP contribution in [-0.2, 0) is 11.3 Å². The molecule has 0 radical (unpaired) electrons. The molecule has 0 saturated carbocycles. The van der Waals surface area contributed by atoms with E-state index in [1.54, 1.807) is 17.0 Å². The van der Waals surface area contributed by atoms with E-state index in [0.717, 1.165) is 5.56 Å². The standard InChI is InChI=1S/C12H13ClN2O3/c13-10-3-1-2-9(6-10)7-14-4-5-15(12(14)18)8-11(16)17/h1-3,6H,4-5,7-8H2,(H,16,17)/p-1. The summed E-state index contributed by atoms with van der Waals surface area (Å²) in [6.07, 6.45) is 0. The maximum absolute atomic E-state index is 11.9. The lowest BCUT2D eigenvalue weighted by Crippen LogP contribution is -2.40. The third kappa shape index (κ3) is 2.92. The molecule has 6 heteroatoms. The Morgan fingerprint density at radius 1 is 1.33 bits per heavy atom. The Balaban J connectivity index is 1.99. The topological polar surface area (TPSA) is 63.7 Å². The number of carboxylic acids is 1. The molecule has 18 heavy (non-hydrogen) atoms. The van der Waals surface area contributed by atoms with Gasteiger partial charge in [-0.1, -0.05) is 23.7 Å². The van der Waals surface area contributed by atoms with E-state index in [1.165, 1.54) is 4.90 Å². The highest BCUT2D eigenvalue weighted by Crippen LogP contribution is 2.16. The number of rotatable bonds is 4. The highest BCUT2D eigenvalue weighted by Gasteiger charge is 2.27. The molecule has 2 rings (SSSR count). The second-order valence-corrected chi connectivity index (χ2v) is 4.56. The van der Waals surface area contributed by atoms with Crippen molar-refractivity contribution in [2.45, 2.75) is 6.54 Å². The van der Waals surface area contributed by atoms with E-state index in [4.69, 9.17) is 11.6 Å². The molecule has 2 amide bonds. The van der Waals surface area contributed by atoms with Gasteiger partial charge in [0, 0.05) is 24.7 Å². The number of halogens is 1. The number of carboxylic acid groups (broad SMARTS) is 1. The SMILES string of the molecule is O=C([O-])CN1CCN(Cc2cccc(Cl)c2)C1=O. The van der Waals surface area contributed by atoms with Gasteiger partial charge in [0.05, 0.1) is 12.5 Å². The molecule has 1 aromatic rings. The first-order valence-electron chi connectivity index (χ1n) is 5.54. The summed E-state index contributed by atoms with van der Waals surface area (Å²) >= 11 is 5.86. The van der Waals surface area contributed by atoms with Crippen molar-refractivity contribution >= 4 is 23.6 Å². The minimum Gasteiger partial charge on any atom is -0.548 e. The molecule has 0 unspecified atom stereocenters. The van der Waals surface area contributed by atoms with Crippen molar-refractivity contribution in [1.29, 1.82) is 0 Å². The second-order valence-electron chi connectivity index (χ2n) is 4.13. The Hall–Kier alpha value is -1.75. The number of hydrogen-bond donors (Lipinski definition) is 0. The summed E-state index contributed by atoms with van der Waals surface area (Å²) in [6.45, 7) is 1.000. The number of carbonyl (C=O) groups is 2. The fourth-order valence-corrected chi connectivity index (χ4v) is 2.15. The van der Waals surface area contributed by atoms with Gasteiger partial charge in [-0.15, -0.1) is 0 Å². The molecule has 0 atom stereocenters. The first-order chi connectivity index (χ1) is 8.56. The molecule has 1 aromatic carbocycles. The summed E-state index contributed by atoms with van der Waals surface area (Å²) in [5.41, 5.74) is 0.922. The van der Waals surface area contributed by atoms with Gasteiger partial charge in [0.1, 0.15) is 0 Å². The monoisotopic (exact) mass is 267 g/mol. The predicted molar refractivity (Wildman–Crippen MR) is 63.8 cm³/mol. The number of benzene rings is 1. The maximum atomic E-state index is 11.9. The first-order valence-corrected chi connectivity index (χ1v) is 5.92. The van der Waals surface area contributed by atoms with Crippen LogP contribution >= 0.6 is 11.6 Å². The maximum Gasteiger partial charge on any atom is 0.320 e. The molecule has 0 N–H and O–H groups in total. The van der Waals surface area contributed by atoms with E-state index < -0.39 is 5.97 Å². The van der Waals surface area contributed by atoms with Crippen LogP contribution in [0.25, 0.3) is 0 Å². The van der Waals surface area contributed by atoms with Crippen molar-refractivity contribution in [2.75, 3.05) is 19.6 Å². The van der Waals surface area contributed by atoms with Crippen LogP contribution in [0.2, 0.25) is 5.02 Å². The van der Waals surface area contributed by atoms with Crippen molar-refractivity contribution in [3.63, 3.8) is 0 Å². The van der Waals surface area contributed by atoms with Crippen LogP contribution in [0.1, 0.15) is 5.56 Å². The number of amides is 2. The normalized spacial score (nSPS) is 15.3. The Morgan fingerprint density at radius 3 is 2.72 bits per heavy atom. The van der Waals surface area contributed by atoms with Crippen molar-refractivity contribution in [1.82, 2.24) is 9.80 Å². The molecule has 1 aliphatic heterocycles. The fraction of sp³-hybridized carbons (Fsp3) is 0.333. The van der Waals surface area contributed by atoms with E-state index in [9.17, 15) is 14.7 Å². The first kappa shape index (κ1) is 12.7. The molecule has 0 aliphatic carbocycles. The number of nitrogens with zero attached hydrogens (tertiary/aromatic N) is 2. The molecule has 0 spiro atoms. The quantitative estimate of drug-likeness (QED) is 0.790. The average molecular weight is 268 g/mol. The second kappa shape index (κ2) is 5.27.